The molecule has 0 aliphatic carbocycles. The number of fused-ring (bicyclic) bond motifs is 1. The van der Waals surface area contributed by atoms with E-state index in [0.717, 1.165) is 30.2 Å². The van der Waals surface area contributed by atoms with Crippen LogP contribution in [0.1, 0.15) is 52.0 Å². The van der Waals surface area contributed by atoms with E-state index in [2.05, 4.69) is 10.6 Å². The third-order valence-corrected chi connectivity index (χ3v) is 7.23. The van der Waals surface area contributed by atoms with Crippen LogP contribution in [0, 0.1) is 5.82 Å². The van der Waals surface area contributed by atoms with Gasteiger partial charge in [0.1, 0.15) is 5.82 Å². The number of benzene rings is 3. The van der Waals surface area contributed by atoms with E-state index < -0.39 is 11.7 Å². The molecule has 1 fully saturated rings. The predicted molar refractivity (Wildman–Crippen MR) is 137 cm³/mol. The van der Waals surface area contributed by atoms with E-state index >= 15 is 0 Å². The van der Waals surface area contributed by atoms with E-state index in [9.17, 15) is 18.8 Å². The normalized spacial score (nSPS) is 19.3. The van der Waals surface area contributed by atoms with Crippen LogP contribution in [0.4, 0.5) is 15.8 Å². The van der Waals surface area contributed by atoms with E-state index in [1.807, 2.05) is 24.3 Å². The molecule has 0 aromatic heterocycles. The summed E-state index contributed by atoms with van der Waals surface area (Å²) in [5.74, 6) is -1.19. The maximum atomic E-state index is 13.6. The number of hydrogen-bond acceptors (Lipinski definition) is 3. The van der Waals surface area contributed by atoms with Gasteiger partial charge in [0.2, 0.25) is 5.91 Å². The average Bonchev–Trinajstić information content (AvgIpc) is 3.02. The van der Waals surface area contributed by atoms with Crippen LogP contribution in [0.2, 0.25) is 5.02 Å². The van der Waals surface area contributed by atoms with E-state index in [1.165, 1.54) is 12.1 Å². The lowest BCUT2D eigenvalue weighted by Crippen LogP contribution is -2.53. The second kappa shape index (κ2) is 9.74. The topological polar surface area (TPSA) is 78.5 Å². The SMILES string of the molecule is O=C1CCCC2(CCN(C(=O)c3ccc(NC(=O)c4cc(F)ccc4Cl)cc3)c3ccccc3C2)N1. The van der Waals surface area contributed by atoms with Crippen LogP contribution in [-0.2, 0) is 11.2 Å². The Kier molecular flexibility index (Phi) is 6.49. The van der Waals surface area contributed by atoms with Crippen molar-refractivity contribution >= 4 is 40.7 Å². The number of carbonyl (C=O) groups is 3. The number of para-hydroxylation sites is 1. The largest absolute Gasteiger partial charge is 0.350 e. The van der Waals surface area contributed by atoms with Crippen LogP contribution < -0.4 is 15.5 Å². The van der Waals surface area contributed by atoms with Crippen molar-refractivity contribution in [1.29, 1.82) is 0 Å². The molecular weight excluding hydrogens is 481 g/mol. The van der Waals surface area contributed by atoms with Crippen molar-refractivity contribution < 1.29 is 18.8 Å². The Bertz CT molecular complexity index is 1340. The highest BCUT2D eigenvalue weighted by atomic mass is 35.5. The molecule has 3 aromatic carbocycles. The number of amides is 3. The lowest BCUT2D eigenvalue weighted by molar-refractivity contribution is -0.125. The number of carbonyl (C=O) groups excluding carboxylic acids is 3. The van der Waals surface area contributed by atoms with Crippen molar-refractivity contribution in [1.82, 2.24) is 5.32 Å². The molecule has 8 heteroatoms. The number of rotatable bonds is 3. The molecule has 3 amide bonds. The molecule has 0 saturated carbocycles. The van der Waals surface area contributed by atoms with Crippen molar-refractivity contribution in [3.8, 4) is 0 Å². The minimum Gasteiger partial charge on any atom is -0.350 e. The molecule has 0 bridgehead atoms. The maximum absolute atomic E-state index is 13.6. The van der Waals surface area contributed by atoms with Crippen molar-refractivity contribution in [2.75, 3.05) is 16.8 Å². The first-order valence-electron chi connectivity index (χ1n) is 11.9. The average molecular weight is 506 g/mol. The fourth-order valence-electron chi connectivity index (χ4n) is 5.08. The molecule has 1 spiro atoms. The van der Waals surface area contributed by atoms with Gasteiger partial charge in [0.15, 0.2) is 0 Å². The summed E-state index contributed by atoms with van der Waals surface area (Å²) in [5.41, 5.74) is 2.49. The molecule has 3 aromatic rings. The number of nitrogens with one attached hydrogen (secondary N) is 2. The Labute approximate surface area is 213 Å². The third-order valence-electron chi connectivity index (χ3n) is 6.90. The highest BCUT2D eigenvalue weighted by Gasteiger charge is 2.39. The predicted octanol–water partition coefficient (Wildman–Crippen LogP) is 5.36. The van der Waals surface area contributed by atoms with Crippen molar-refractivity contribution in [2.45, 2.75) is 37.6 Å². The van der Waals surface area contributed by atoms with E-state index in [1.54, 1.807) is 29.2 Å². The molecule has 5 rings (SSSR count). The van der Waals surface area contributed by atoms with Gasteiger partial charge in [-0.25, -0.2) is 4.39 Å². The lowest BCUT2D eigenvalue weighted by Gasteiger charge is -2.37. The maximum Gasteiger partial charge on any atom is 0.258 e. The van der Waals surface area contributed by atoms with Gasteiger partial charge in [-0.2, -0.15) is 0 Å². The van der Waals surface area contributed by atoms with Crippen molar-refractivity contribution in [3.63, 3.8) is 0 Å². The molecule has 184 valence electrons. The smallest absolute Gasteiger partial charge is 0.258 e. The van der Waals surface area contributed by atoms with Gasteiger partial charge in [-0.05, 0) is 79.8 Å². The molecule has 36 heavy (non-hydrogen) atoms. The quantitative estimate of drug-likeness (QED) is 0.502. The standard InChI is InChI=1S/C28H25ClFN3O3/c29-23-12-9-20(30)16-22(23)26(35)31-21-10-7-18(8-11-21)27(36)33-15-14-28(13-3-6-25(34)32-28)17-19-4-1-2-5-24(19)33/h1-2,4-5,7-12,16H,3,6,13-15,17H2,(H,31,35)(H,32,34). The van der Waals surface area contributed by atoms with Gasteiger partial charge in [0.05, 0.1) is 10.6 Å². The molecular formula is C28H25ClFN3O3. The zero-order valence-electron chi connectivity index (χ0n) is 19.5. The Balaban J connectivity index is 1.35. The molecule has 2 heterocycles. The zero-order valence-corrected chi connectivity index (χ0v) is 20.3. The Morgan fingerprint density at radius 3 is 2.58 bits per heavy atom. The Morgan fingerprint density at radius 1 is 1.03 bits per heavy atom. The Morgan fingerprint density at radius 2 is 1.81 bits per heavy atom. The molecule has 1 saturated heterocycles. The molecule has 2 N–H and O–H groups in total. The number of nitrogens with zero attached hydrogens (tertiary/aromatic N) is 1. The van der Waals surface area contributed by atoms with Gasteiger partial charge in [-0.3, -0.25) is 14.4 Å². The fraction of sp³-hybridized carbons (Fsp3) is 0.250. The van der Waals surface area contributed by atoms with Gasteiger partial charge in [-0.1, -0.05) is 29.8 Å². The first-order valence-corrected chi connectivity index (χ1v) is 12.3. The summed E-state index contributed by atoms with van der Waals surface area (Å²) >= 11 is 6.03. The summed E-state index contributed by atoms with van der Waals surface area (Å²) in [5, 5.41) is 6.04. The van der Waals surface area contributed by atoms with Crippen LogP contribution in [0.25, 0.3) is 0 Å². The second-order valence-electron chi connectivity index (χ2n) is 9.35. The Hall–Kier alpha value is -3.71. The number of hydrogen-bond donors (Lipinski definition) is 2. The highest BCUT2D eigenvalue weighted by Crippen LogP contribution is 2.36. The molecule has 0 radical (unpaired) electrons. The lowest BCUT2D eigenvalue weighted by atomic mass is 9.81. The van der Waals surface area contributed by atoms with Crippen molar-refractivity contribution in [2.24, 2.45) is 0 Å². The summed E-state index contributed by atoms with van der Waals surface area (Å²) in [6.07, 6.45) is 3.63. The van der Waals surface area contributed by atoms with E-state index in [0.29, 0.717) is 37.1 Å². The van der Waals surface area contributed by atoms with Crippen LogP contribution in [0.5, 0.6) is 0 Å². The van der Waals surface area contributed by atoms with Gasteiger partial charge in [0.25, 0.3) is 11.8 Å². The zero-order chi connectivity index (χ0) is 25.3. The van der Waals surface area contributed by atoms with E-state index in [-0.39, 0.29) is 27.9 Å². The second-order valence-corrected chi connectivity index (χ2v) is 9.76. The minimum absolute atomic E-state index is 0.0294. The first kappa shape index (κ1) is 24.0. The summed E-state index contributed by atoms with van der Waals surface area (Å²) in [6.45, 7) is 0.479. The van der Waals surface area contributed by atoms with Crippen LogP contribution in [0.15, 0.2) is 66.7 Å². The highest BCUT2D eigenvalue weighted by molar-refractivity contribution is 6.34. The monoisotopic (exact) mass is 505 g/mol. The summed E-state index contributed by atoms with van der Waals surface area (Å²) in [7, 11) is 0. The third kappa shape index (κ3) is 4.84. The minimum atomic E-state index is -0.558. The van der Waals surface area contributed by atoms with Gasteiger partial charge in [-0.15, -0.1) is 0 Å². The number of halogens is 2. The van der Waals surface area contributed by atoms with Crippen LogP contribution in [-0.4, -0.2) is 29.8 Å². The summed E-state index contributed by atoms with van der Waals surface area (Å²) < 4.78 is 13.5. The fourth-order valence-corrected chi connectivity index (χ4v) is 5.29. The van der Waals surface area contributed by atoms with Crippen LogP contribution >= 0.6 is 11.6 Å². The molecule has 1 atom stereocenters. The first-order chi connectivity index (χ1) is 17.3. The number of piperidine rings is 1. The van der Waals surface area contributed by atoms with Crippen molar-refractivity contribution in [3.05, 3.63) is 94.3 Å². The van der Waals surface area contributed by atoms with Gasteiger partial charge in [0, 0.05) is 35.4 Å². The molecule has 2 aliphatic heterocycles. The van der Waals surface area contributed by atoms with Crippen LogP contribution in [0.3, 0.4) is 0 Å². The van der Waals surface area contributed by atoms with Gasteiger partial charge >= 0.3 is 0 Å². The van der Waals surface area contributed by atoms with Gasteiger partial charge < -0.3 is 15.5 Å². The number of anilines is 2. The summed E-state index contributed by atoms with van der Waals surface area (Å²) in [6, 6.07) is 18.0. The van der Waals surface area contributed by atoms with E-state index in [4.69, 9.17) is 11.6 Å². The molecule has 1 unspecified atom stereocenters. The summed E-state index contributed by atoms with van der Waals surface area (Å²) in [4.78, 5) is 40.1. The molecule has 2 aliphatic rings. The molecule has 6 nitrogen and oxygen atoms in total.